The number of allylic oxidation sites excluding steroid dienone is 2. The second-order valence-corrected chi connectivity index (χ2v) is 7.44. The molecule has 1 saturated carbocycles. The van der Waals surface area contributed by atoms with Crippen LogP contribution in [0, 0.1) is 0 Å². The summed E-state index contributed by atoms with van der Waals surface area (Å²) in [5.74, 6) is -0.203. The summed E-state index contributed by atoms with van der Waals surface area (Å²) >= 11 is 0. The van der Waals surface area contributed by atoms with Gasteiger partial charge in [-0.1, -0.05) is 12.7 Å². The number of nitrogens with two attached hydrogens (primary N) is 1. The van der Waals surface area contributed by atoms with E-state index in [4.69, 9.17) is 5.14 Å². The fourth-order valence-corrected chi connectivity index (χ4v) is 3.79. The smallest absolute Gasteiger partial charge is 0.272 e. The van der Waals surface area contributed by atoms with Crippen molar-refractivity contribution in [1.29, 1.82) is 0 Å². The lowest BCUT2D eigenvalue weighted by molar-refractivity contribution is 0.101. The molecule has 136 valence electrons. The molecule has 1 heterocycles. The lowest BCUT2D eigenvalue weighted by Gasteiger charge is -2.06. The summed E-state index contributed by atoms with van der Waals surface area (Å²) in [7, 11) is 0.325. The molecule has 0 bridgehead atoms. The number of anilines is 1. The molecular weight excluding hydrogens is 346 g/mol. The Balaban J connectivity index is 1.94. The van der Waals surface area contributed by atoms with E-state index in [0.717, 1.165) is 29.8 Å². The Morgan fingerprint density at radius 2 is 2.00 bits per heavy atom. The van der Waals surface area contributed by atoms with Crippen LogP contribution in [-0.4, -0.2) is 14.7 Å². The molecule has 1 fully saturated rings. The largest absolute Gasteiger partial charge is 0.340 e. The summed E-state index contributed by atoms with van der Waals surface area (Å²) in [6.45, 7) is 6.22. The molecule has 1 atom stereocenters. The van der Waals surface area contributed by atoms with E-state index in [0.29, 0.717) is 16.3 Å². The molecule has 0 radical (unpaired) electrons. The SMILES string of the molecule is C=c1/c(=C2/CCC/C2=C/C)cc(C(=O)Nc2ccc(S(N)=O)cc2)n1C. The fraction of sp³-hybridized carbons (Fsp3) is 0.250. The van der Waals surface area contributed by atoms with E-state index >= 15 is 0 Å². The van der Waals surface area contributed by atoms with Gasteiger partial charge in [-0.15, -0.1) is 0 Å². The highest BCUT2D eigenvalue weighted by Gasteiger charge is 2.17. The summed E-state index contributed by atoms with van der Waals surface area (Å²) in [5, 5.41) is 10.1. The minimum atomic E-state index is -1.53. The lowest BCUT2D eigenvalue weighted by Crippen LogP contribution is -2.28. The average molecular weight is 369 g/mol. The van der Waals surface area contributed by atoms with Gasteiger partial charge in [-0.2, -0.15) is 0 Å². The van der Waals surface area contributed by atoms with Crippen molar-refractivity contribution in [2.75, 3.05) is 5.32 Å². The number of aromatic nitrogens is 1. The van der Waals surface area contributed by atoms with Gasteiger partial charge in [0.2, 0.25) is 0 Å². The van der Waals surface area contributed by atoms with Crippen molar-refractivity contribution >= 4 is 34.7 Å². The number of carbonyl (C=O) groups is 1. The zero-order valence-electron chi connectivity index (χ0n) is 15.0. The van der Waals surface area contributed by atoms with Crippen molar-refractivity contribution in [2.24, 2.45) is 12.2 Å². The molecule has 5 nitrogen and oxygen atoms in total. The van der Waals surface area contributed by atoms with Crippen LogP contribution in [0.3, 0.4) is 0 Å². The highest BCUT2D eigenvalue weighted by molar-refractivity contribution is 7.82. The predicted molar refractivity (Wildman–Crippen MR) is 106 cm³/mol. The van der Waals surface area contributed by atoms with E-state index in [1.807, 2.05) is 17.7 Å². The Morgan fingerprint density at radius 3 is 2.62 bits per heavy atom. The van der Waals surface area contributed by atoms with E-state index in [2.05, 4.69) is 24.9 Å². The third-order valence-corrected chi connectivity index (χ3v) is 5.61. The number of nitrogens with one attached hydrogen (secondary N) is 1. The van der Waals surface area contributed by atoms with Crippen LogP contribution < -0.4 is 21.0 Å². The van der Waals surface area contributed by atoms with Gasteiger partial charge >= 0.3 is 0 Å². The van der Waals surface area contributed by atoms with E-state index in [-0.39, 0.29) is 5.91 Å². The zero-order valence-corrected chi connectivity index (χ0v) is 15.9. The maximum absolute atomic E-state index is 12.7. The monoisotopic (exact) mass is 369 g/mol. The molecule has 2 aromatic rings. The summed E-state index contributed by atoms with van der Waals surface area (Å²) in [6.07, 6.45) is 5.39. The van der Waals surface area contributed by atoms with E-state index in [1.165, 1.54) is 11.1 Å². The third-order valence-electron chi connectivity index (χ3n) is 4.87. The maximum Gasteiger partial charge on any atom is 0.272 e. The summed E-state index contributed by atoms with van der Waals surface area (Å²) < 4.78 is 13.1. The lowest BCUT2D eigenvalue weighted by atomic mass is 10.1. The predicted octanol–water partition coefficient (Wildman–Crippen LogP) is 1.95. The zero-order chi connectivity index (χ0) is 18.8. The molecule has 26 heavy (non-hydrogen) atoms. The van der Waals surface area contributed by atoms with Crippen molar-refractivity contribution in [3.8, 4) is 0 Å². The van der Waals surface area contributed by atoms with Gasteiger partial charge in [0.15, 0.2) is 0 Å². The van der Waals surface area contributed by atoms with Crippen LogP contribution in [-0.2, 0) is 18.0 Å². The van der Waals surface area contributed by atoms with Crippen molar-refractivity contribution in [1.82, 2.24) is 4.57 Å². The molecule has 3 rings (SSSR count). The summed E-state index contributed by atoms with van der Waals surface area (Å²) in [4.78, 5) is 13.2. The number of rotatable bonds is 3. The van der Waals surface area contributed by atoms with Crippen LogP contribution >= 0.6 is 0 Å². The molecule has 0 saturated heterocycles. The molecule has 1 aromatic heterocycles. The number of benzene rings is 1. The van der Waals surface area contributed by atoms with Crippen molar-refractivity contribution < 1.29 is 9.00 Å². The van der Waals surface area contributed by atoms with Gasteiger partial charge in [0.05, 0.1) is 4.90 Å². The van der Waals surface area contributed by atoms with Crippen molar-refractivity contribution in [2.45, 2.75) is 31.1 Å². The highest BCUT2D eigenvalue weighted by atomic mass is 32.2. The van der Waals surface area contributed by atoms with Crippen LogP contribution in [0.15, 0.2) is 46.9 Å². The van der Waals surface area contributed by atoms with Crippen molar-refractivity contribution in [3.05, 3.63) is 58.2 Å². The van der Waals surface area contributed by atoms with Crippen molar-refractivity contribution in [3.63, 3.8) is 0 Å². The minimum absolute atomic E-state index is 0.203. The maximum atomic E-state index is 12.7. The van der Waals surface area contributed by atoms with E-state index < -0.39 is 11.0 Å². The van der Waals surface area contributed by atoms with Crippen LogP contribution in [0.4, 0.5) is 5.69 Å². The Kier molecular flexibility index (Phi) is 5.25. The normalized spacial score (nSPS) is 19.0. The Labute approximate surface area is 155 Å². The number of carbonyl (C=O) groups excluding carboxylic acids is 1. The minimum Gasteiger partial charge on any atom is -0.340 e. The molecule has 1 unspecified atom stereocenters. The van der Waals surface area contributed by atoms with Crippen LogP contribution in [0.25, 0.3) is 12.2 Å². The Bertz CT molecular complexity index is 1020. The van der Waals surface area contributed by atoms with Gasteiger partial charge in [-0.25, -0.2) is 9.35 Å². The quantitative estimate of drug-likeness (QED) is 0.867. The molecule has 3 N–H and O–H groups in total. The fourth-order valence-electron chi connectivity index (χ4n) is 3.38. The molecule has 1 aliphatic carbocycles. The van der Waals surface area contributed by atoms with Crippen LogP contribution in [0.2, 0.25) is 0 Å². The summed E-state index contributed by atoms with van der Waals surface area (Å²) in [5.41, 5.74) is 3.83. The van der Waals surface area contributed by atoms with Crippen LogP contribution in [0.1, 0.15) is 36.7 Å². The van der Waals surface area contributed by atoms with Gasteiger partial charge < -0.3 is 9.88 Å². The van der Waals surface area contributed by atoms with Gasteiger partial charge in [0.25, 0.3) is 5.91 Å². The second-order valence-electron chi connectivity index (χ2n) is 6.37. The van der Waals surface area contributed by atoms with Crippen LogP contribution in [0.5, 0.6) is 0 Å². The Hall–Kier alpha value is -2.44. The standard InChI is InChI=1S/C20H23N3O2S/c1-4-14-6-5-7-17(14)18-12-19(23(3)13(18)2)20(24)22-15-8-10-16(11-9-15)26(21)25/h4,8-12H,2,5-7,21H2,1,3H3,(H,22,24)/b14-4-,18-17-. The average Bonchev–Trinajstić information content (AvgIpc) is 3.20. The molecular formula is C20H23N3O2S. The molecule has 1 amide bonds. The summed E-state index contributed by atoms with van der Waals surface area (Å²) in [6, 6.07) is 8.58. The Morgan fingerprint density at radius 1 is 1.31 bits per heavy atom. The number of hydrogen-bond acceptors (Lipinski definition) is 2. The van der Waals surface area contributed by atoms with E-state index in [9.17, 15) is 9.00 Å². The highest BCUT2D eigenvalue weighted by Crippen LogP contribution is 2.30. The first-order chi connectivity index (χ1) is 12.4. The third kappa shape index (κ3) is 3.43. The first kappa shape index (κ1) is 18.4. The molecule has 1 aromatic carbocycles. The topological polar surface area (TPSA) is 77.1 Å². The van der Waals surface area contributed by atoms with E-state index in [1.54, 1.807) is 24.3 Å². The molecule has 6 heteroatoms. The molecule has 0 aliphatic heterocycles. The first-order valence-electron chi connectivity index (χ1n) is 8.53. The molecule has 0 spiro atoms. The van der Waals surface area contributed by atoms with Gasteiger partial charge in [-0.05, 0) is 67.7 Å². The molecule has 1 aliphatic rings. The van der Waals surface area contributed by atoms with Gasteiger partial charge in [-0.3, -0.25) is 4.79 Å². The van der Waals surface area contributed by atoms with Gasteiger partial charge in [0.1, 0.15) is 16.7 Å². The number of nitrogens with zero attached hydrogens (tertiary/aromatic N) is 1. The van der Waals surface area contributed by atoms with Gasteiger partial charge in [0, 0.05) is 23.3 Å². The second kappa shape index (κ2) is 7.43. The first-order valence-corrected chi connectivity index (χ1v) is 9.74. The number of amides is 1. The number of hydrogen-bond donors (Lipinski definition) is 2.